The predicted molar refractivity (Wildman–Crippen MR) is 81.4 cm³/mol. The third kappa shape index (κ3) is 3.69. The highest BCUT2D eigenvalue weighted by Crippen LogP contribution is 2.24. The Morgan fingerprint density at radius 2 is 2.11 bits per heavy atom. The number of pyridine rings is 1. The third-order valence-corrected chi connectivity index (χ3v) is 4.06. The zero-order chi connectivity index (χ0) is 13.8. The molecule has 106 valence electrons. The van der Waals surface area contributed by atoms with Gasteiger partial charge in [0.2, 0.25) is 0 Å². The van der Waals surface area contributed by atoms with E-state index in [1.54, 1.807) is 0 Å². The lowest BCUT2D eigenvalue weighted by Crippen LogP contribution is -2.26. The molecule has 1 atom stereocenters. The van der Waals surface area contributed by atoms with Gasteiger partial charge in [-0.1, -0.05) is 20.8 Å². The van der Waals surface area contributed by atoms with Gasteiger partial charge in [-0.3, -0.25) is 0 Å². The number of rotatable bonds is 3. The van der Waals surface area contributed by atoms with Gasteiger partial charge in [0.15, 0.2) is 0 Å². The molecule has 1 saturated heterocycles. The molecular formula is C16H27N3. The van der Waals surface area contributed by atoms with E-state index in [0.29, 0.717) is 12.5 Å². The van der Waals surface area contributed by atoms with Crippen molar-refractivity contribution >= 4 is 5.82 Å². The van der Waals surface area contributed by atoms with Gasteiger partial charge in [0, 0.05) is 25.3 Å². The molecule has 0 radical (unpaired) electrons. The Morgan fingerprint density at radius 1 is 1.32 bits per heavy atom. The topological polar surface area (TPSA) is 42.1 Å². The molecule has 0 bridgehead atoms. The second-order valence-electron chi connectivity index (χ2n) is 6.14. The first kappa shape index (κ1) is 14.3. The van der Waals surface area contributed by atoms with Crippen LogP contribution in [0, 0.1) is 5.92 Å². The van der Waals surface area contributed by atoms with Crippen LogP contribution in [0.3, 0.4) is 0 Å². The van der Waals surface area contributed by atoms with Gasteiger partial charge in [-0.05, 0) is 48.8 Å². The van der Waals surface area contributed by atoms with Crippen LogP contribution in [0.4, 0.5) is 5.82 Å². The van der Waals surface area contributed by atoms with Gasteiger partial charge >= 0.3 is 0 Å². The summed E-state index contributed by atoms with van der Waals surface area (Å²) >= 11 is 0. The molecule has 1 aromatic rings. The van der Waals surface area contributed by atoms with E-state index in [2.05, 4.69) is 37.8 Å². The van der Waals surface area contributed by atoms with Crippen LogP contribution in [0.1, 0.15) is 57.2 Å². The van der Waals surface area contributed by atoms with Crippen LogP contribution < -0.4 is 10.6 Å². The van der Waals surface area contributed by atoms with Crippen LogP contribution in [-0.2, 0) is 6.54 Å². The van der Waals surface area contributed by atoms with Gasteiger partial charge in [-0.2, -0.15) is 0 Å². The highest BCUT2D eigenvalue weighted by Gasteiger charge is 2.16. The summed E-state index contributed by atoms with van der Waals surface area (Å²) in [4.78, 5) is 7.28. The van der Waals surface area contributed by atoms with Crippen molar-refractivity contribution in [2.24, 2.45) is 11.7 Å². The van der Waals surface area contributed by atoms with E-state index < -0.39 is 0 Å². The van der Waals surface area contributed by atoms with Gasteiger partial charge in [0.25, 0.3) is 0 Å². The maximum absolute atomic E-state index is 5.82. The minimum atomic E-state index is 0.455. The molecule has 2 rings (SSSR count). The first-order valence-electron chi connectivity index (χ1n) is 7.56. The molecule has 2 heterocycles. The number of hydrogen-bond donors (Lipinski definition) is 1. The SMILES string of the molecule is CC1CCCN(c2cc(CN)cc(C(C)C)n2)CC1. The summed E-state index contributed by atoms with van der Waals surface area (Å²) in [7, 11) is 0. The van der Waals surface area contributed by atoms with E-state index in [1.807, 2.05) is 0 Å². The standard InChI is InChI=1S/C16H27N3/c1-12(2)15-9-14(11-17)10-16(18-15)19-7-4-5-13(3)6-8-19/h9-10,12-13H,4-8,11,17H2,1-3H3. The lowest BCUT2D eigenvalue weighted by atomic mass is 10.0. The van der Waals surface area contributed by atoms with Gasteiger partial charge in [-0.15, -0.1) is 0 Å². The fraction of sp³-hybridized carbons (Fsp3) is 0.688. The van der Waals surface area contributed by atoms with Crippen LogP contribution in [0.2, 0.25) is 0 Å². The molecule has 0 spiro atoms. The average molecular weight is 261 g/mol. The summed E-state index contributed by atoms with van der Waals surface area (Å²) < 4.78 is 0. The minimum Gasteiger partial charge on any atom is -0.357 e. The van der Waals surface area contributed by atoms with Crippen molar-refractivity contribution < 1.29 is 0 Å². The van der Waals surface area contributed by atoms with E-state index in [9.17, 15) is 0 Å². The van der Waals surface area contributed by atoms with E-state index >= 15 is 0 Å². The molecule has 19 heavy (non-hydrogen) atoms. The largest absolute Gasteiger partial charge is 0.357 e. The van der Waals surface area contributed by atoms with Crippen LogP contribution in [0.5, 0.6) is 0 Å². The van der Waals surface area contributed by atoms with Crippen LogP contribution >= 0.6 is 0 Å². The van der Waals surface area contributed by atoms with E-state index in [-0.39, 0.29) is 0 Å². The number of hydrogen-bond acceptors (Lipinski definition) is 3. The first-order chi connectivity index (χ1) is 9.10. The van der Waals surface area contributed by atoms with Gasteiger partial charge in [0.05, 0.1) is 0 Å². The Kier molecular flexibility index (Phi) is 4.81. The lowest BCUT2D eigenvalue weighted by molar-refractivity contribution is 0.521. The Morgan fingerprint density at radius 3 is 2.79 bits per heavy atom. The molecule has 1 unspecified atom stereocenters. The van der Waals surface area contributed by atoms with Crippen LogP contribution in [0.25, 0.3) is 0 Å². The molecule has 1 fully saturated rings. The van der Waals surface area contributed by atoms with Crippen LogP contribution in [0.15, 0.2) is 12.1 Å². The second-order valence-corrected chi connectivity index (χ2v) is 6.14. The molecule has 3 nitrogen and oxygen atoms in total. The maximum atomic E-state index is 5.82. The minimum absolute atomic E-state index is 0.455. The van der Waals surface area contributed by atoms with Crippen molar-refractivity contribution in [2.75, 3.05) is 18.0 Å². The smallest absolute Gasteiger partial charge is 0.129 e. The van der Waals surface area contributed by atoms with Gasteiger partial charge in [-0.25, -0.2) is 4.98 Å². The summed E-state index contributed by atoms with van der Waals surface area (Å²) in [5.41, 5.74) is 8.19. The number of aromatic nitrogens is 1. The molecule has 1 aliphatic heterocycles. The Hall–Kier alpha value is -1.09. The van der Waals surface area contributed by atoms with Crippen molar-refractivity contribution in [1.29, 1.82) is 0 Å². The number of anilines is 1. The Bertz CT molecular complexity index is 414. The van der Waals surface area contributed by atoms with Crippen molar-refractivity contribution in [1.82, 2.24) is 4.98 Å². The van der Waals surface area contributed by atoms with E-state index in [4.69, 9.17) is 10.7 Å². The summed E-state index contributed by atoms with van der Waals surface area (Å²) in [5.74, 6) is 2.42. The zero-order valence-electron chi connectivity index (χ0n) is 12.5. The molecule has 0 amide bonds. The quantitative estimate of drug-likeness (QED) is 0.908. The van der Waals surface area contributed by atoms with Crippen molar-refractivity contribution in [3.05, 3.63) is 23.4 Å². The molecule has 3 heteroatoms. The summed E-state index contributed by atoms with van der Waals surface area (Å²) in [6, 6.07) is 4.32. The summed E-state index contributed by atoms with van der Waals surface area (Å²) in [5, 5.41) is 0. The highest BCUT2D eigenvalue weighted by atomic mass is 15.2. The lowest BCUT2D eigenvalue weighted by Gasteiger charge is -2.23. The van der Waals surface area contributed by atoms with E-state index in [1.165, 1.54) is 24.8 Å². The van der Waals surface area contributed by atoms with Crippen molar-refractivity contribution in [3.8, 4) is 0 Å². The predicted octanol–water partition coefficient (Wildman–Crippen LogP) is 3.29. The molecule has 1 aromatic heterocycles. The summed E-state index contributed by atoms with van der Waals surface area (Å²) in [6.07, 6.45) is 3.88. The fourth-order valence-electron chi connectivity index (χ4n) is 2.66. The number of nitrogens with two attached hydrogens (primary N) is 1. The fourth-order valence-corrected chi connectivity index (χ4v) is 2.66. The first-order valence-corrected chi connectivity index (χ1v) is 7.56. The summed E-state index contributed by atoms with van der Waals surface area (Å²) in [6.45, 7) is 9.59. The van der Waals surface area contributed by atoms with Gasteiger partial charge < -0.3 is 10.6 Å². The second kappa shape index (κ2) is 6.38. The molecular weight excluding hydrogens is 234 g/mol. The monoisotopic (exact) mass is 261 g/mol. The third-order valence-electron chi connectivity index (χ3n) is 4.06. The van der Waals surface area contributed by atoms with Crippen molar-refractivity contribution in [2.45, 2.75) is 52.5 Å². The average Bonchev–Trinajstić information content (AvgIpc) is 2.63. The molecule has 1 aliphatic rings. The normalized spacial score (nSPS) is 20.7. The van der Waals surface area contributed by atoms with Crippen molar-refractivity contribution in [3.63, 3.8) is 0 Å². The molecule has 0 saturated carbocycles. The Balaban J connectivity index is 2.24. The Labute approximate surface area is 117 Å². The van der Waals surface area contributed by atoms with Crippen LogP contribution in [-0.4, -0.2) is 18.1 Å². The molecule has 2 N–H and O–H groups in total. The zero-order valence-corrected chi connectivity index (χ0v) is 12.5. The molecule has 0 aromatic carbocycles. The maximum Gasteiger partial charge on any atom is 0.129 e. The number of nitrogens with zero attached hydrogens (tertiary/aromatic N) is 2. The highest BCUT2D eigenvalue weighted by molar-refractivity contribution is 5.43. The van der Waals surface area contributed by atoms with Gasteiger partial charge in [0.1, 0.15) is 5.82 Å². The van der Waals surface area contributed by atoms with E-state index in [0.717, 1.165) is 30.5 Å². The molecule has 0 aliphatic carbocycles.